The van der Waals surface area contributed by atoms with E-state index in [1.54, 1.807) is 11.3 Å². The van der Waals surface area contributed by atoms with Gasteiger partial charge in [0.05, 0.1) is 0 Å². The van der Waals surface area contributed by atoms with E-state index in [1.807, 2.05) is 11.6 Å². The molecule has 1 heterocycles. The highest BCUT2D eigenvalue weighted by Crippen LogP contribution is 2.38. The highest BCUT2D eigenvalue weighted by Gasteiger charge is 2.15. The van der Waals surface area contributed by atoms with Gasteiger partial charge in [0.2, 0.25) is 0 Å². The van der Waals surface area contributed by atoms with Crippen LogP contribution >= 0.6 is 11.3 Å². The Morgan fingerprint density at radius 1 is 0.864 bits per heavy atom. The monoisotopic (exact) mass is 308 g/mol. The molecule has 0 saturated carbocycles. The largest absolute Gasteiger partial charge is 0.378 e. The molecule has 0 amide bonds. The fraction of sp³-hybridized carbons (Fsp3) is 0.211. The molecule has 0 bridgehead atoms. The highest BCUT2D eigenvalue weighted by atomic mass is 32.1. The van der Waals surface area contributed by atoms with Crippen molar-refractivity contribution in [2.24, 2.45) is 0 Å². The van der Waals surface area contributed by atoms with Crippen molar-refractivity contribution in [1.29, 1.82) is 0 Å². The van der Waals surface area contributed by atoms with Crippen LogP contribution in [0.2, 0.25) is 0 Å². The summed E-state index contributed by atoms with van der Waals surface area (Å²) in [5, 5.41) is 3.13. The van der Waals surface area contributed by atoms with E-state index in [1.165, 1.54) is 33.5 Å². The molecule has 3 heteroatoms. The predicted octanol–water partition coefficient (Wildman–Crippen LogP) is 5.16. The van der Waals surface area contributed by atoms with Crippen LogP contribution in [0.3, 0.4) is 0 Å². The van der Waals surface area contributed by atoms with Gasteiger partial charge in [0.25, 0.3) is 0 Å². The Balaban J connectivity index is 2.20. The van der Waals surface area contributed by atoms with Crippen LogP contribution in [-0.4, -0.2) is 19.1 Å². The summed E-state index contributed by atoms with van der Waals surface area (Å²) in [5.74, 6) is 0. The second-order valence-electron chi connectivity index (χ2n) is 5.73. The molecule has 0 aliphatic rings. The number of thiazole rings is 1. The van der Waals surface area contributed by atoms with Gasteiger partial charge >= 0.3 is 0 Å². The van der Waals surface area contributed by atoms with Crippen molar-refractivity contribution < 1.29 is 0 Å². The van der Waals surface area contributed by atoms with Gasteiger partial charge in [-0.2, -0.15) is 0 Å². The topological polar surface area (TPSA) is 16.1 Å². The zero-order valence-corrected chi connectivity index (χ0v) is 14.2. The van der Waals surface area contributed by atoms with Gasteiger partial charge < -0.3 is 4.90 Å². The van der Waals surface area contributed by atoms with E-state index < -0.39 is 0 Å². The van der Waals surface area contributed by atoms with Crippen molar-refractivity contribution in [1.82, 2.24) is 4.98 Å². The molecule has 2 aromatic carbocycles. The summed E-state index contributed by atoms with van der Waals surface area (Å²) in [7, 11) is 4.13. The van der Waals surface area contributed by atoms with Crippen molar-refractivity contribution in [2.45, 2.75) is 13.8 Å². The fourth-order valence-corrected chi connectivity index (χ4v) is 3.48. The Hall–Kier alpha value is -2.13. The van der Waals surface area contributed by atoms with Crippen molar-refractivity contribution in [2.75, 3.05) is 19.0 Å². The molecule has 0 spiro atoms. The Labute approximate surface area is 136 Å². The van der Waals surface area contributed by atoms with Crippen LogP contribution in [-0.2, 0) is 0 Å². The lowest BCUT2D eigenvalue weighted by Crippen LogP contribution is -2.08. The minimum Gasteiger partial charge on any atom is -0.378 e. The minimum atomic E-state index is 1.09. The van der Waals surface area contributed by atoms with Gasteiger partial charge in [0.1, 0.15) is 5.01 Å². The zero-order valence-electron chi connectivity index (χ0n) is 13.4. The van der Waals surface area contributed by atoms with Gasteiger partial charge in [0, 0.05) is 36.9 Å². The second-order valence-corrected chi connectivity index (χ2v) is 6.62. The van der Waals surface area contributed by atoms with Gasteiger partial charge in [-0.15, -0.1) is 11.3 Å². The summed E-state index contributed by atoms with van der Waals surface area (Å²) in [6.45, 7) is 4.33. The van der Waals surface area contributed by atoms with E-state index in [4.69, 9.17) is 0 Å². The normalized spacial score (nSPS) is 10.7. The molecule has 22 heavy (non-hydrogen) atoms. The number of aryl methyl sites for hydroxylation is 2. The first-order valence-corrected chi connectivity index (χ1v) is 8.23. The molecular weight excluding hydrogens is 288 g/mol. The fourth-order valence-electron chi connectivity index (χ4n) is 2.73. The van der Waals surface area contributed by atoms with Crippen LogP contribution in [0.1, 0.15) is 11.1 Å². The summed E-state index contributed by atoms with van der Waals surface area (Å²) < 4.78 is 0. The number of anilines is 1. The summed E-state index contributed by atoms with van der Waals surface area (Å²) in [6.07, 6.45) is 1.88. The van der Waals surface area contributed by atoms with Crippen molar-refractivity contribution in [3.8, 4) is 21.7 Å². The standard InChI is InChI=1S/C19H20N2S/c1-13-5-6-14(2)18(19-20-11-12-22-19)17(13)15-7-9-16(10-8-15)21(3)4/h5-12H,1-4H3. The predicted molar refractivity (Wildman–Crippen MR) is 96.8 cm³/mol. The highest BCUT2D eigenvalue weighted by molar-refractivity contribution is 7.13. The lowest BCUT2D eigenvalue weighted by Gasteiger charge is -2.16. The van der Waals surface area contributed by atoms with E-state index in [0.717, 1.165) is 5.01 Å². The molecule has 0 unspecified atom stereocenters. The van der Waals surface area contributed by atoms with Gasteiger partial charge in [0.15, 0.2) is 0 Å². The maximum absolute atomic E-state index is 4.53. The van der Waals surface area contributed by atoms with Crippen LogP contribution in [0.25, 0.3) is 21.7 Å². The van der Waals surface area contributed by atoms with Gasteiger partial charge in [-0.1, -0.05) is 24.3 Å². The maximum Gasteiger partial charge on any atom is 0.124 e. The third-order valence-corrected chi connectivity index (χ3v) is 4.73. The Morgan fingerprint density at radius 2 is 1.50 bits per heavy atom. The van der Waals surface area contributed by atoms with Crippen molar-refractivity contribution in [3.05, 3.63) is 59.1 Å². The Morgan fingerprint density at radius 3 is 2.05 bits per heavy atom. The number of aromatic nitrogens is 1. The second kappa shape index (κ2) is 5.93. The number of hydrogen-bond donors (Lipinski definition) is 0. The Kier molecular flexibility index (Phi) is 3.99. The molecule has 0 atom stereocenters. The van der Waals surface area contributed by atoms with E-state index >= 15 is 0 Å². The molecule has 0 N–H and O–H groups in total. The third-order valence-electron chi connectivity index (χ3n) is 3.94. The lowest BCUT2D eigenvalue weighted by molar-refractivity contribution is 1.13. The van der Waals surface area contributed by atoms with E-state index in [9.17, 15) is 0 Å². The van der Waals surface area contributed by atoms with Crippen LogP contribution < -0.4 is 4.90 Å². The molecule has 112 valence electrons. The quantitative estimate of drug-likeness (QED) is 0.664. The first-order valence-electron chi connectivity index (χ1n) is 7.36. The zero-order chi connectivity index (χ0) is 15.7. The van der Waals surface area contributed by atoms with Gasteiger partial charge in [-0.05, 0) is 48.2 Å². The summed E-state index contributed by atoms with van der Waals surface area (Å²) in [5.41, 5.74) is 7.57. The van der Waals surface area contributed by atoms with Crippen LogP contribution in [0.15, 0.2) is 48.0 Å². The molecule has 3 rings (SSSR count). The van der Waals surface area contributed by atoms with Crippen molar-refractivity contribution >= 4 is 17.0 Å². The average molecular weight is 308 g/mol. The molecule has 0 fully saturated rings. The Bertz CT molecular complexity index is 772. The first-order chi connectivity index (χ1) is 10.6. The number of benzene rings is 2. The molecular formula is C19H20N2S. The average Bonchev–Trinajstić information content (AvgIpc) is 3.03. The van der Waals surface area contributed by atoms with E-state index in [0.29, 0.717) is 0 Å². The van der Waals surface area contributed by atoms with Crippen LogP contribution in [0.4, 0.5) is 5.69 Å². The molecule has 0 radical (unpaired) electrons. The lowest BCUT2D eigenvalue weighted by atomic mass is 9.92. The van der Waals surface area contributed by atoms with E-state index in [-0.39, 0.29) is 0 Å². The molecule has 1 aromatic heterocycles. The minimum absolute atomic E-state index is 1.09. The summed E-state index contributed by atoms with van der Waals surface area (Å²) in [4.78, 5) is 6.65. The summed E-state index contributed by atoms with van der Waals surface area (Å²) in [6, 6.07) is 13.1. The van der Waals surface area contributed by atoms with E-state index in [2.05, 4.69) is 74.2 Å². The number of nitrogens with zero attached hydrogens (tertiary/aromatic N) is 2. The van der Waals surface area contributed by atoms with Gasteiger partial charge in [-0.25, -0.2) is 4.98 Å². The number of rotatable bonds is 3. The first kappa shape index (κ1) is 14.8. The smallest absolute Gasteiger partial charge is 0.124 e. The molecule has 0 aliphatic heterocycles. The third kappa shape index (κ3) is 2.64. The molecule has 0 saturated heterocycles. The molecule has 3 aromatic rings. The van der Waals surface area contributed by atoms with Gasteiger partial charge in [-0.3, -0.25) is 0 Å². The summed E-state index contributed by atoms with van der Waals surface area (Å²) >= 11 is 1.70. The molecule has 0 aliphatic carbocycles. The van der Waals surface area contributed by atoms with Crippen LogP contribution in [0.5, 0.6) is 0 Å². The number of hydrogen-bond acceptors (Lipinski definition) is 3. The maximum atomic E-state index is 4.53. The van der Waals surface area contributed by atoms with Crippen LogP contribution in [0, 0.1) is 13.8 Å². The molecule has 2 nitrogen and oxygen atoms in total. The SMILES string of the molecule is Cc1ccc(C)c(-c2nccs2)c1-c1ccc(N(C)C)cc1. The van der Waals surface area contributed by atoms with Crippen molar-refractivity contribution in [3.63, 3.8) is 0 Å².